The number of anilines is 2. The minimum Gasteiger partial charge on any atom is -0.497 e. The summed E-state index contributed by atoms with van der Waals surface area (Å²) < 4.78 is 20.8. The molecule has 1 N–H and O–H groups in total. The maximum Gasteiger partial charge on any atom is 0.157 e. The zero-order valence-corrected chi connectivity index (χ0v) is 19.4. The molecule has 4 aromatic rings. The molecule has 0 radical (unpaired) electrons. The maximum atomic E-state index is 15.5. The number of carbonyl (C=O) groups excluding carboxylic acids is 1. The number of benzene rings is 2. The summed E-state index contributed by atoms with van der Waals surface area (Å²) in [5.74, 6) is -0.111. The average molecular weight is 460 g/mol. The number of pyridine rings is 1. The molecule has 0 saturated carbocycles. The normalized spacial score (nSPS) is 14.3. The van der Waals surface area contributed by atoms with Crippen LogP contribution in [0.2, 0.25) is 0 Å². The average Bonchev–Trinajstić information content (AvgIpc) is 3.31. The maximum absolute atomic E-state index is 15.5. The van der Waals surface area contributed by atoms with Gasteiger partial charge in [-0.2, -0.15) is 5.10 Å². The second-order valence-corrected chi connectivity index (χ2v) is 8.72. The van der Waals surface area contributed by atoms with Crippen LogP contribution in [0.1, 0.15) is 29.8 Å². The fourth-order valence-electron chi connectivity index (χ4n) is 4.56. The van der Waals surface area contributed by atoms with E-state index in [-0.39, 0.29) is 5.56 Å². The minimum atomic E-state index is -0.551. The summed E-state index contributed by atoms with van der Waals surface area (Å²) in [6.45, 7) is 6.31. The lowest BCUT2D eigenvalue weighted by atomic mass is 10.0. The number of ether oxygens (including phenoxy) is 1. The fourth-order valence-corrected chi connectivity index (χ4v) is 4.56. The second-order valence-electron chi connectivity index (χ2n) is 8.72. The summed E-state index contributed by atoms with van der Waals surface area (Å²) in [6.07, 6.45) is 5.97. The summed E-state index contributed by atoms with van der Waals surface area (Å²) in [5, 5.41) is 7.92. The molecule has 1 aliphatic rings. The zero-order valence-electron chi connectivity index (χ0n) is 19.4. The van der Waals surface area contributed by atoms with Crippen LogP contribution >= 0.6 is 0 Å². The molecule has 8 heteroatoms. The molecule has 34 heavy (non-hydrogen) atoms. The molecule has 0 amide bonds. The van der Waals surface area contributed by atoms with Gasteiger partial charge in [-0.3, -0.25) is 19.8 Å². The highest BCUT2D eigenvalue weighted by molar-refractivity contribution is 5.92. The van der Waals surface area contributed by atoms with Gasteiger partial charge in [0, 0.05) is 66.3 Å². The standard InChI is InChI=1S/C26H26FN5O2/c1-16(2)31-6-7-32(25-10-20(34-3)8-18(15-33)26(25)27)24-5-4-23-21(22(24)14-31)9-17(11-28-23)19-12-29-30-13-19/h4-5,8-13,15-16H,6-7,14H2,1-3H3,(H,29,30). The number of aldehydes is 1. The van der Waals surface area contributed by atoms with Crippen molar-refractivity contribution in [3.63, 3.8) is 0 Å². The van der Waals surface area contributed by atoms with E-state index in [1.165, 1.54) is 13.2 Å². The van der Waals surface area contributed by atoms with E-state index in [1.54, 1.807) is 12.3 Å². The third-order valence-corrected chi connectivity index (χ3v) is 6.49. The fraction of sp³-hybridized carbons (Fsp3) is 0.269. The lowest BCUT2D eigenvalue weighted by molar-refractivity contribution is 0.111. The molecule has 2 aromatic heterocycles. The van der Waals surface area contributed by atoms with Crippen LogP contribution in [-0.4, -0.2) is 52.6 Å². The molecule has 0 unspecified atom stereocenters. The first-order valence-corrected chi connectivity index (χ1v) is 11.2. The number of hydrogen-bond donors (Lipinski definition) is 1. The van der Waals surface area contributed by atoms with Crippen molar-refractivity contribution >= 4 is 28.6 Å². The van der Waals surface area contributed by atoms with E-state index in [0.717, 1.165) is 39.8 Å². The second kappa shape index (κ2) is 8.87. The first kappa shape index (κ1) is 22.0. The van der Waals surface area contributed by atoms with Crippen molar-refractivity contribution < 1.29 is 13.9 Å². The van der Waals surface area contributed by atoms with Gasteiger partial charge in [0.05, 0.1) is 30.1 Å². The highest BCUT2D eigenvalue weighted by Gasteiger charge is 2.27. The van der Waals surface area contributed by atoms with E-state index < -0.39 is 5.82 Å². The van der Waals surface area contributed by atoms with Crippen LogP contribution in [-0.2, 0) is 6.54 Å². The number of halogens is 1. The van der Waals surface area contributed by atoms with Gasteiger partial charge in [0.15, 0.2) is 12.1 Å². The number of carbonyl (C=O) groups is 1. The molecule has 0 aliphatic carbocycles. The van der Waals surface area contributed by atoms with Crippen LogP contribution in [0.5, 0.6) is 5.75 Å². The number of H-pyrrole nitrogens is 1. The Labute approximate surface area is 197 Å². The summed E-state index contributed by atoms with van der Waals surface area (Å²) in [6, 6.07) is 9.45. The summed E-state index contributed by atoms with van der Waals surface area (Å²) >= 11 is 0. The van der Waals surface area contributed by atoms with Gasteiger partial charge < -0.3 is 9.64 Å². The predicted octanol–water partition coefficient (Wildman–Crippen LogP) is 4.95. The van der Waals surface area contributed by atoms with E-state index in [2.05, 4.69) is 35.0 Å². The van der Waals surface area contributed by atoms with Crippen LogP contribution < -0.4 is 9.64 Å². The van der Waals surface area contributed by atoms with Crippen molar-refractivity contribution in [2.24, 2.45) is 0 Å². The molecule has 2 aromatic carbocycles. The number of methoxy groups -OCH3 is 1. The number of nitrogens with zero attached hydrogens (tertiary/aromatic N) is 4. The van der Waals surface area contributed by atoms with Gasteiger partial charge in [0.1, 0.15) is 5.75 Å². The van der Waals surface area contributed by atoms with E-state index in [9.17, 15) is 4.79 Å². The van der Waals surface area contributed by atoms with Crippen molar-refractivity contribution in [1.82, 2.24) is 20.1 Å². The molecule has 7 nitrogen and oxygen atoms in total. The number of rotatable bonds is 5. The molecule has 174 valence electrons. The van der Waals surface area contributed by atoms with Crippen LogP contribution in [0.25, 0.3) is 22.0 Å². The van der Waals surface area contributed by atoms with Crippen LogP contribution in [0.15, 0.2) is 48.9 Å². The van der Waals surface area contributed by atoms with Gasteiger partial charge in [0.2, 0.25) is 0 Å². The third-order valence-electron chi connectivity index (χ3n) is 6.49. The van der Waals surface area contributed by atoms with Crippen molar-refractivity contribution in [2.75, 3.05) is 25.1 Å². The lowest BCUT2D eigenvalue weighted by Crippen LogP contribution is -2.34. The van der Waals surface area contributed by atoms with Gasteiger partial charge in [-0.25, -0.2) is 4.39 Å². The van der Waals surface area contributed by atoms with E-state index >= 15 is 4.39 Å². The Balaban J connectivity index is 1.74. The molecule has 0 bridgehead atoms. The Hall–Kier alpha value is -3.78. The van der Waals surface area contributed by atoms with Crippen LogP contribution in [0, 0.1) is 5.82 Å². The molecule has 0 spiro atoms. The van der Waals surface area contributed by atoms with Crippen molar-refractivity contribution in [3.05, 3.63) is 65.9 Å². The summed E-state index contributed by atoms with van der Waals surface area (Å²) in [5.41, 5.74) is 5.04. The number of fused-ring (bicyclic) bond motifs is 3. The Morgan fingerprint density at radius 1 is 1.12 bits per heavy atom. The number of nitrogens with one attached hydrogen (secondary N) is 1. The quantitative estimate of drug-likeness (QED) is 0.426. The highest BCUT2D eigenvalue weighted by Crippen LogP contribution is 2.40. The molecular weight excluding hydrogens is 433 g/mol. The van der Waals surface area contributed by atoms with Gasteiger partial charge in [-0.15, -0.1) is 0 Å². The Morgan fingerprint density at radius 2 is 1.97 bits per heavy atom. The van der Waals surface area contributed by atoms with Crippen LogP contribution in [0.3, 0.4) is 0 Å². The Kier molecular flexibility index (Phi) is 5.75. The topological polar surface area (TPSA) is 74.3 Å². The zero-order chi connectivity index (χ0) is 23.8. The minimum absolute atomic E-state index is 0.0226. The van der Waals surface area contributed by atoms with E-state index in [0.29, 0.717) is 36.9 Å². The molecule has 0 fully saturated rings. The first-order chi connectivity index (χ1) is 16.5. The van der Waals surface area contributed by atoms with Crippen LogP contribution in [0.4, 0.5) is 15.8 Å². The predicted molar refractivity (Wildman–Crippen MR) is 130 cm³/mol. The Bertz CT molecular complexity index is 1350. The molecule has 5 rings (SSSR count). The molecule has 3 heterocycles. The molecule has 0 atom stereocenters. The van der Waals surface area contributed by atoms with Crippen molar-refractivity contribution in [2.45, 2.75) is 26.4 Å². The summed E-state index contributed by atoms with van der Waals surface area (Å²) in [7, 11) is 1.51. The first-order valence-electron chi connectivity index (χ1n) is 11.2. The lowest BCUT2D eigenvalue weighted by Gasteiger charge is -2.27. The van der Waals surface area contributed by atoms with Gasteiger partial charge in [0.25, 0.3) is 0 Å². The van der Waals surface area contributed by atoms with Gasteiger partial charge >= 0.3 is 0 Å². The smallest absolute Gasteiger partial charge is 0.157 e. The van der Waals surface area contributed by atoms with E-state index in [4.69, 9.17) is 9.72 Å². The van der Waals surface area contributed by atoms with Crippen molar-refractivity contribution in [1.29, 1.82) is 0 Å². The van der Waals surface area contributed by atoms with E-state index in [1.807, 2.05) is 29.4 Å². The Morgan fingerprint density at radius 3 is 2.68 bits per heavy atom. The highest BCUT2D eigenvalue weighted by atomic mass is 19.1. The third kappa shape index (κ3) is 3.80. The molecular formula is C26H26FN5O2. The van der Waals surface area contributed by atoms with Gasteiger partial charge in [-0.05, 0) is 43.7 Å². The van der Waals surface area contributed by atoms with Crippen molar-refractivity contribution in [3.8, 4) is 16.9 Å². The van der Waals surface area contributed by atoms with Gasteiger partial charge in [-0.1, -0.05) is 0 Å². The molecule has 1 aliphatic heterocycles. The number of hydrogen-bond acceptors (Lipinski definition) is 6. The largest absolute Gasteiger partial charge is 0.497 e. The monoisotopic (exact) mass is 459 g/mol. The number of aromatic nitrogens is 3. The SMILES string of the molecule is COc1cc(C=O)c(F)c(N2CCN(C(C)C)Cc3c2ccc2ncc(-c4cn[nH]c4)cc32)c1. The number of aromatic amines is 1. The summed E-state index contributed by atoms with van der Waals surface area (Å²) in [4.78, 5) is 20.6. The molecule has 0 saturated heterocycles.